The van der Waals surface area contributed by atoms with E-state index in [4.69, 9.17) is 4.43 Å². The smallest absolute Gasteiger partial charge is 0.403 e. The van der Waals surface area contributed by atoms with Crippen molar-refractivity contribution in [2.24, 2.45) is 23.7 Å². The lowest BCUT2D eigenvalue weighted by atomic mass is 9.86. The molecule has 3 fully saturated rings. The molecule has 0 aromatic heterocycles. The average Bonchev–Trinajstić information content (AvgIpc) is 2.78. The molecule has 3 aliphatic rings. The van der Waals surface area contributed by atoms with E-state index in [1.807, 2.05) is 19.6 Å². The van der Waals surface area contributed by atoms with E-state index in [1.54, 1.807) is 0 Å². The molecule has 0 amide bonds. The first-order valence-electron chi connectivity index (χ1n) is 6.44. The first kappa shape index (κ1) is 12.0. The highest BCUT2D eigenvalue weighted by molar-refractivity contribution is 6.69. The molecular weight excluding hydrogens is 245 g/mol. The second kappa shape index (κ2) is 3.10. The van der Waals surface area contributed by atoms with E-state index in [0.29, 0.717) is 11.8 Å². The molecule has 5 atom stereocenters. The molecule has 1 unspecified atom stereocenters. The van der Waals surface area contributed by atoms with E-state index in [1.165, 1.54) is 0 Å². The van der Waals surface area contributed by atoms with Crippen LogP contribution in [0.5, 0.6) is 0 Å². The molecular formula is C12H19F3OSi. The third-order valence-electron chi connectivity index (χ3n) is 4.73. The van der Waals surface area contributed by atoms with E-state index in [9.17, 15) is 13.2 Å². The highest BCUT2D eigenvalue weighted by Crippen LogP contribution is 2.74. The Bertz CT molecular complexity index is 331. The Morgan fingerprint density at radius 1 is 1.06 bits per heavy atom. The summed E-state index contributed by atoms with van der Waals surface area (Å²) in [6.07, 6.45) is -1.74. The lowest BCUT2D eigenvalue weighted by Gasteiger charge is -2.43. The third-order valence-corrected chi connectivity index (χ3v) is 5.68. The van der Waals surface area contributed by atoms with Crippen molar-refractivity contribution < 1.29 is 17.6 Å². The van der Waals surface area contributed by atoms with E-state index in [-0.39, 0.29) is 11.8 Å². The van der Waals surface area contributed by atoms with Crippen LogP contribution < -0.4 is 0 Å². The first-order chi connectivity index (χ1) is 7.67. The standard InChI is InChI=1S/C12H19F3OSi/c1-17(2,3)16-11(12(13,14)15)9-4-5-10(11)8-6-7(8)9/h7-10H,4-6H2,1-3H3/t7-,8+,9-,10+,11?. The molecule has 3 rings (SSSR count). The van der Waals surface area contributed by atoms with Crippen molar-refractivity contribution in [3.05, 3.63) is 0 Å². The SMILES string of the molecule is C[Si](C)(C)OC1(C(F)(F)F)[C@@H]2CC[C@H]1[C@H]1C[C@H]12. The molecule has 0 saturated heterocycles. The van der Waals surface area contributed by atoms with Crippen LogP contribution in [-0.4, -0.2) is 20.1 Å². The van der Waals surface area contributed by atoms with Gasteiger partial charge >= 0.3 is 6.18 Å². The lowest BCUT2D eigenvalue weighted by molar-refractivity contribution is -0.273. The van der Waals surface area contributed by atoms with Crippen LogP contribution in [0.1, 0.15) is 19.3 Å². The third kappa shape index (κ3) is 1.47. The molecule has 0 spiro atoms. The maximum Gasteiger partial charge on any atom is 0.416 e. The zero-order valence-corrected chi connectivity index (χ0v) is 11.5. The largest absolute Gasteiger partial charge is 0.416 e. The number of halogens is 3. The van der Waals surface area contributed by atoms with Crippen molar-refractivity contribution in [2.75, 3.05) is 0 Å². The van der Waals surface area contributed by atoms with Gasteiger partial charge in [0.05, 0.1) is 0 Å². The number of alkyl halides is 3. The topological polar surface area (TPSA) is 9.23 Å². The van der Waals surface area contributed by atoms with Crippen molar-refractivity contribution in [1.29, 1.82) is 0 Å². The van der Waals surface area contributed by atoms with Gasteiger partial charge in [-0.05, 0) is 62.6 Å². The summed E-state index contributed by atoms with van der Waals surface area (Å²) in [5.41, 5.74) is -1.77. The molecule has 0 aliphatic heterocycles. The summed E-state index contributed by atoms with van der Waals surface area (Å²) >= 11 is 0. The van der Waals surface area contributed by atoms with Crippen LogP contribution in [0, 0.1) is 23.7 Å². The molecule has 3 aliphatic carbocycles. The van der Waals surface area contributed by atoms with Gasteiger partial charge in [-0.2, -0.15) is 13.2 Å². The Morgan fingerprint density at radius 3 is 1.88 bits per heavy atom. The highest BCUT2D eigenvalue weighted by atomic mass is 28.4. The number of hydrogen-bond donors (Lipinski definition) is 0. The molecule has 0 aromatic carbocycles. The second-order valence-corrected chi connectivity index (χ2v) is 11.3. The minimum absolute atomic E-state index is 0.246. The Balaban J connectivity index is 1.99. The van der Waals surface area contributed by atoms with Crippen LogP contribution in [0.4, 0.5) is 13.2 Å². The molecule has 98 valence electrons. The van der Waals surface area contributed by atoms with Gasteiger partial charge in [0.2, 0.25) is 0 Å². The van der Waals surface area contributed by atoms with Gasteiger partial charge in [0, 0.05) is 0 Å². The molecule has 2 bridgehead atoms. The average molecular weight is 264 g/mol. The quantitative estimate of drug-likeness (QED) is 0.689. The zero-order valence-electron chi connectivity index (χ0n) is 10.5. The number of hydrogen-bond acceptors (Lipinski definition) is 1. The Morgan fingerprint density at radius 2 is 1.53 bits per heavy atom. The fourth-order valence-corrected chi connectivity index (χ4v) is 5.86. The first-order valence-corrected chi connectivity index (χ1v) is 9.84. The molecule has 0 N–H and O–H groups in total. The van der Waals surface area contributed by atoms with Gasteiger partial charge in [0.25, 0.3) is 0 Å². The van der Waals surface area contributed by atoms with Crippen molar-refractivity contribution in [1.82, 2.24) is 0 Å². The summed E-state index contributed by atoms with van der Waals surface area (Å²) < 4.78 is 46.5. The molecule has 0 heterocycles. The van der Waals surface area contributed by atoms with Crippen LogP contribution >= 0.6 is 0 Å². The van der Waals surface area contributed by atoms with Gasteiger partial charge in [-0.1, -0.05) is 0 Å². The summed E-state index contributed by atoms with van der Waals surface area (Å²) in [7, 11) is -2.18. The maximum atomic E-state index is 13.6. The number of rotatable bonds is 2. The molecule has 5 heteroatoms. The zero-order chi connectivity index (χ0) is 12.6. The normalized spacial score (nSPS) is 48.4. The van der Waals surface area contributed by atoms with Crippen LogP contribution in [-0.2, 0) is 4.43 Å². The van der Waals surface area contributed by atoms with Crippen molar-refractivity contribution in [3.8, 4) is 0 Å². The van der Waals surface area contributed by atoms with E-state index >= 15 is 0 Å². The summed E-state index contributed by atoms with van der Waals surface area (Å²) in [6, 6.07) is 0. The van der Waals surface area contributed by atoms with Crippen LogP contribution in [0.15, 0.2) is 0 Å². The number of fused-ring (bicyclic) bond motifs is 5. The summed E-state index contributed by atoms with van der Waals surface area (Å²) in [4.78, 5) is 0. The fraction of sp³-hybridized carbons (Fsp3) is 1.00. The molecule has 3 saturated carbocycles. The summed E-state index contributed by atoms with van der Waals surface area (Å²) in [5, 5.41) is 0. The second-order valence-electron chi connectivity index (χ2n) is 6.86. The summed E-state index contributed by atoms with van der Waals surface area (Å²) in [5.74, 6) is 0.131. The molecule has 17 heavy (non-hydrogen) atoms. The van der Waals surface area contributed by atoms with Crippen LogP contribution in [0.2, 0.25) is 19.6 Å². The van der Waals surface area contributed by atoms with Crippen molar-refractivity contribution in [2.45, 2.75) is 50.7 Å². The van der Waals surface area contributed by atoms with Gasteiger partial charge in [-0.15, -0.1) is 0 Å². The fourth-order valence-electron chi connectivity index (χ4n) is 4.42. The van der Waals surface area contributed by atoms with Crippen LogP contribution in [0.25, 0.3) is 0 Å². The predicted octanol–water partition coefficient (Wildman–Crippen LogP) is 3.81. The molecule has 0 radical (unpaired) electrons. The van der Waals surface area contributed by atoms with Crippen molar-refractivity contribution >= 4 is 8.32 Å². The van der Waals surface area contributed by atoms with E-state index in [2.05, 4.69) is 0 Å². The summed E-state index contributed by atoms with van der Waals surface area (Å²) in [6.45, 7) is 5.59. The molecule has 0 aromatic rings. The lowest BCUT2D eigenvalue weighted by Crippen LogP contribution is -2.57. The Kier molecular flexibility index (Phi) is 2.19. The van der Waals surface area contributed by atoms with Gasteiger partial charge in [-0.25, -0.2) is 0 Å². The van der Waals surface area contributed by atoms with E-state index < -0.39 is 20.1 Å². The van der Waals surface area contributed by atoms with Gasteiger partial charge < -0.3 is 4.43 Å². The van der Waals surface area contributed by atoms with Crippen molar-refractivity contribution in [3.63, 3.8) is 0 Å². The Hall–Kier alpha value is -0.0331. The highest BCUT2D eigenvalue weighted by Gasteiger charge is 2.79. The van der Waals surface area contributed by atoms with Gasteiger partial charge in [-0.3, -0.25) is 0 Å². The minimum atomic E-state index is -4.19. The van der Waals surface area contributed by atoms with E-state index in [0.717, 1.165) is 19.3 Å². The molecule has 1 nitrogen and oxygen atoms in total. The van der Waals surface area contributed by atoms with Crippen LogP contribution in [0.3, 0.4) is 0 Å². The van der Waals surface area contributed by atoms with Gasteiger partial charge in [0.15, 0.2) is 13.9 Å². The monoisotopic (exact) mass is 264 g/mol. The van der Waals surface area contributed by atoms with Gasteiger partial charge in [0.1, 0.15) is 0 Å². The minimum Gasteiger partial charge on any atom is -0.403 e. The maximum absolute atomic E-state index is 13.6. The Labute approximate surface area is 101 Å². The predicted molar refractivity (Wildman–Crippen MR) is 61.0 cm³/mol.